The van der Waals surface area contributed by atoms with Crippen molar-refractivity contribution in [2.75, 3.05) is 18.5 Å². The summed E-state index contributed by atoms with van der Waals surface area (Å²) in [4.78, 5) is 8.37. The third-order valence-corrected chi connectivity index (χ3v) is 2.31. The van der Waals surface area contributed by atoms with Crippen LogP contribution in [-0.4, -0.2) is 23.1 Å². The van der Waals surface area contributed by atoms with Crippen LogP contribution in [0.5, 0.6) is 17.4 Å². The molecule has 0 saturated carbocycles. The highest BCUT2D eigenvalue weighted by Crippen LogP contribution is 2.24. The summed E-state index contributed by atoms with van der Waals surface area (Å²) < 4.78 is 11.1. The van der Waals surface area contributed by atoms with Gasteiger partial charge >= 0.3 is 0 Å². The predicted octanol–water partition coefficient (Wildman–Crippen LogP) is 3.10. The van der Waals surface area contributed by atoms with Gasteiger partial charge in [-0.1, -0.05) is 6.07 Å². The van der Waals surface area contributed by atoms with E-state index in [-0.39, 0.29) is 0 Å². The number of benzene rings is 1. The molecule has 0 atom stereocenters. The van der Waals surface area contributed by atoms with E-state index in [0.29, 0.717) is 24.1 Å². The average Bonchev–Trinajstić information content (AvgIpc) is 2.40. The molecule has 0 fully saturated rings. The molecule has 2 aromatic rings. The zero-order valence-corrected chi connectivity index (χ0v) is 11.1. The molecule has 1 heterocycles. The van der Waals surface area contributed by atoms with Gasteiger partial charge in [0.25, 0.3) is 0 Å². The van der Waals surface area contributed by atoms with E-state index in [1.807, 2.05) is 38.1 Å². The molecular formula is C14H17N3O2. The third kappa shape index (κ3) is 3.84. The highest BCUT2D eigenvalue weighted by molar-refractivity contribution is 5.37. The number of hydrogen-bond acceptors (Lipinski definition) is 5. The van der Waals surface area contributed by atoms with E-state index >= 15 is 0 Å². The number of anilines is 1. The van der Waals surface area contributed by atoms with Crippen LogP contribution in [0.4, 0.5) is 5.82 Å². The molecule has 0 aliphatic rings. The molecule has 0 unspecified atom stereocenters. The Labute approximate surface area is 112 Å². The molecule has 2 rings (SSSR count). The van der Waals surface area contributed by atoms with Crippen LogP contribution in [0.1, 0.15) is 13.8 Å². The number of aromatic nitrogens is 2. The fourth-order valence-corrected chi connectivity index (χ4v) is 1.58. The van der Waals surface area contributed by atoms with E-state index < -0.39 is 0 Å². The van der Waals surface area contributed by atoms with E-state index in [9.17, 15) is 0 Å². The standard InChI is InChI=1S/C14H17N3O2/c1-3-16-13-9-15-10-14(17-13)19-12-7-5-6-11(8-12)18-4-2/h5-10H,3-4H2,1-2H3,(H,16,17). The second-order valence-electron chi connectivity index (χ2n) is 3.78. The Morgan fingerprint density at radius 1 is 1.16 bits per heavy atom. The molecule has 1 aromatic heterocycles. The van der Waals surface area contributed by atoms with Crippen LogP contribution < -0.4 is 14.8 Å². The minimum absolute atomic E-state index is 0.451. The van der Waals surface area contributed by atoms with Crippen LogP contribution in [0.2, 0.25) is 0 Å². The van der Waals surface area contributed by atoms with Gasteiger partial charge in [0, 0.05) is 12.6 Å². The number of hydrogen-bond donors (Lipinski definition) is 1. The van der Waals surface area contributed by atoms with Gasteiger partial charge in [0.05, 0.1) is 19.0 Å². The minimum Gasteiger partial charge on any atom is -0.494 e. The van der Waals surface area contributed by atoms with Crippen LogP contribution in [-0.2, 0) is 0 Å². The van der Waals surface area contributed by atoms with E-state index in [0.717, 1.165) is 12.3 Å². The van der Waals surface area contributed by atoms with Crippen molar-refractivity contribution < 1.29 is 9.47 Å². The zero-order chi connectivity index (χ0) is 13.5. The van der Waals surface area contributed by atoms with Gasteiger partial charge in [0.2, 0.25) is 5.88 Å². The maximum Gasteiger partial charge on any atom is 0.239 e. The quantitative estimate of drug-likeness (QED) is 0.863. The molecule has 0 saturated heterocycles. The Balaban J connectivity index is 2.11. The van der Waals surface area contributed by atoms with Gasteiger partial charge < -0.3 is 14.8 Å². The lowest BCUT2D eigenvalue weighted by atomic mass is 10.3. The summed E-state index contributed by atoms with van der Waals surface area (Å²) in [5.41, 5.74) is 0. The van der Waals surface area contributed by atoms with Crippen molar-refractivity contribution in [3.8, 4) is 17.4 Å². The highest BCUT2D eigenvalue weighted by atomic mass is 16.5. The number of rotatable bonds is 6. The Morgan fingerprint density at radius 3 is 2.79 bits per heavy atom. The maximum absolute atomic E-state index is 5.66. The van der Waals surface area contributed by atoms with Gasteiger partial charge in [0.15, 0.2) is 0 Å². The first-order valence-corrected chi connectivity index (χ1v) is 6.28. The maximum atomic E-state index is 5.66. The second-order valence-corrected chi connectivity index (χ2v) is 3.78. The van der Waals surface area contributed by atoms with Crippen molar-refractivity contribution in [1.29, 1.82) is 0 Å². The lowest BCUT2D eigenvalue weighted by Crippen LogP contribution is -2.00. The minimum atomic E-state index is 0.451. The fourth-order valence-electron chi connectivity index (χ4n) is 1.58. The normalized spacial score (nSPS) is 10.0. The van der Waals surface area contributed by atoms with Gasteiger partial charge in [-0.3, -0.25) is 4.98 Å². The van der Waals surface area contributed by atoms with Gasteiger partial charge in [-0.15, -0.1) is 0 Å². The van der Waals surface area contributed by atoms with Crippen molar-refractivity contribution in [3.63, 3.8) is 0 Å². The first kappa shape index (κ1) is 13.1. The molecule has 1 aromatic carbocycles. The lowest BCUT2D eigenvalue weighted by Gasteiger charge is -2.08. The van der Waals surface area contributed by atoms with Gasteiger partial charge in [-0.2, -0.15) is 4.98 Å². The SMILES string of the molecule is CCNc1cncc(Oc2cccc(OCC)c2)n1. The number of nitrogens with one attached hydrogen (secondary N) is 1. The molecule has 0 aliphatic carbocycles. The molecule has 0 radical (unpaired) electrons. The molecule has 0 aliphatic heterocycles. The summed E-state index contributed by atoms with van der Waals surface area (Å²) in [5.74, 6) is 2.60. The first-order chi connectivity index (χ1) is 9.31. The second kappa shape index (κ2) is 6.58. The summed E-state index contributed by atoms with van der Waals surface area (Å²) in [7, 11) is 0. The van der Waals surface area contributed by atoms with Crippen LogP contribution >= 0.6 is 0 Å². The highest BCUT2D eigenvalue weighted by Gasteiger charge is 2.02. The van der Waals surface area contributed by atoms with Gasteiger partial charge in [-0.05, 0) is 26.0 Å². The fraction of sp³-hybridized carbons (Fsp3) is 0.286. The predicted molar refractivity (Wildman–Crippen MR) is 73.9 cm³/mol. The van der Waals surface area contributed by atoms with Gasteiger partial charge in [0.1, 0.15) is 17.3 Å². The third-order valence-electron chi connectivity index (χ3n) is 2.31. The van der Waals surface area contributed by atoms with E-state index in [4.69, 9.17) is 9.47 Å². The van der Waals surface area contributed by atoms with Crippen LogP contribution in [0.25, 0.3) is 0 Å². The summed E-state index contributed by atoms with van der Waals surface area (Å²) in [6.07, 6.45) is 3.24. The van der Waals surface area contributed by atoms with Crippen molar-refractivity contribution in [2.45, 2.75) is 13.8 Å². The molecule has 100 valence electrons. The van der Waals surface area contributed by atoms with E-state index in [2.05, 4.69) is 15.3 Å². The van der Waals surface area contributed by atoms with E-state index in [1.165, 1.54) is 0 Å². The van der Waals surface area contributed by atoms with Crippen molar-refractivity contribution in [1.82, 2.24) is 9.97 Å². The van der Waals surface area contributed by atoms with Crippen molar-refractivity contribution >= 4 is 5.82 Å². The molecule has 5 heteroatoms. The molecular weight excluding hydrogens is 242 g/mol. The smallest absolute Gasteiger partial charge is 0.239 e. The summed E-state index contributed by atoms with van der Waals surface area (Å²) in [6, 6.07) is 7.44. The lowest BCUT2D eigenvalue weighted by molar-refractivity contribution is 0.338. The monoisotopic (exact) mass is 259 g/mol. The van der Waals surface area contributed by atoms with E-state index in [1.54, 1.807) is 12.4 Å². The summed E-state index contributed by atoms with van der Waals surface area (Å²) in [5, 5.41) is 3.09. The summed E-state index contributed by atoms with van der Waals surface area (Å²) >= 11 is 0. The van der Waals surface area contributed by atoms with Crippen LogP contribution in [0.3, 0.4) is 0 Å². The topological polar surface area (TPSA) is 56.3 Å². The van der Waals surface area contributed by atoms with Gasteiger partial charge in [-0.25, -0.2) is 0 Å². The largest absolute Gasteiger partial charge is 0.494 e. The average molecular weight is 259 g/mol. The molecule has 1 N–H and O–H groups in total. The molecule has 5 nitrogen and oxygen atoms in total. The Bertz CT molecular complexity index is 484. The Kier molecular flexibility index (Phi) is 4.55. The van der Waals surface area contributed by atoms with Crippen LogP contribution in [0, 0.1) is 0 Å². The molecule has 0 amide bonds. The molecule has 0 spiro atoms. The van der Waals surface area contributed by atoms with Crippen LogP contribution in [0.15, 0.2) is 36.7 Å². The van der Waals surface area contributed by atoms with Crippen molar-refractivity contribution in [3.05, 3.63) is 36.7 Å². The Morgan fingerprint density at radius 2 is 2.00 bits per heavy atom. The molecule has 19 heavy (non-hydrogen) atoms. The Hall–Kier alpha value is -2.30. The first-order valence-electron chi connectivity index (χ1n) is 6.28. The number of nitrogens with zero attached hydrogens (tertiary/aromatic N) is 2. The number of ether oxygens (including phenoxy) is 2. The van der Waals surface area contributed by atoms with Crippen molar-refractivity contribution in [2.24, 2.45) is 0 Å². The molecule has 0 bridgehead atoms. The zero-order valence-electron chi connectivity index (χ0n) is 11.1. The summed E-state index contributed by atoms with van der Waals surface area (Å²) in [6.45, 7) is 5.36.